The minimum Gasteiger partial charge on any atom is -0.478 e. The Hall–Kier alpha value is -4.11. The number of benzene rings is 2. The number of amides is 3. The number of carbonyl (C=O) groups excluding carboxylic acids is 3. The first-order chi connectivity index (χ1) is 16.9. The van der Waals surface area contributed by atoms with Crippen molar-refractivity contribution in [3.63, 3.8) is 0 Å². The van der Waals surface area contributed by atoms with Crippen molar-refractivity contribution in [2.45, 2.75) is 13.0 Å². The van der Waals surface area contributed by atoms with Crippen LogP contribution in [0.2, 0.25) is 0 Å². The Kier molecular flexibility index (Phi) is 6.00. The Balaban J connectivity index is 1.29. The van der Waals surface area contributed by atoms with E-state index in [-0.39, 0.29) is 22.9 Å². The number of hydrogen-bond acceptors (Lipinski definition) is 6. The molecule has 2 aliphatic rings. The van der Waals surface area contributed by atoms with Crippen molar-refractivity contribution in [2.75, 3.05) is 13.1 Å². The zero-order valence-electron chi connectivity index (χ0n) is 18.5. The lowest BCUT2D eigenvalue weighted by atomic mass is 10.00. The molecule has 0 aliphatic carbocycles. The van der Waals surface area contributed by atoms with E-state index >= 15 is 0 Å². The fourth-order valence-corrected chi connectivity index (χ4v) is 4.99. The van der Waals surface area contributed by atoms with Crippen molar-refractivity contribution < 1.29 is 28.7 Å². The van der Waals surface area contributed by atoms with Gasteiger partial charge in [-0.3, -0.25) is 19.3 Å². The van der Waals surface area contributed by atoms with Gasteiger partial charge in [0, 0.05) is 24.7 Å². The number of thioether (sulfide) groups is 1. The molecular formula is C26H20N2O6S. The molecule has 0 saturated carbocycles. The maximum Gasteiger partial charge on any atom is 0.336 e. The molecule has 3 aromatic rings. The van der Waals surface area contributed by atoms with Gasteiger partial charge >= 0.3 is 5.97 Å². The predicted molar refractivity (Wildman–Crippen MR) is 129 cm³/mol. The van der Waals surface area contributed by atoms with Gasteiger partial charge in [-0.25, -0.2) is 4.79 Å². The molecule has 0 atom stereocenters. The zero-order valence-corrected chi connectivity index (χ0v) is 19.3. The Morgan fingerprint density at radius 1 is 1.00 bits per heavy atom. The van der Waals surface area contributed by atoms with Crippen molar-refractivity contribution in [1.82, 2.24) is 9.80 Å². The van der Waals surface area contributed by atoms with Crippen LogP contribution < -0.4 is 0 Å². The first kappa shape index (κ1) is 22.7. The van der Waals surface area contributed by atoms with Crippen molar-refractivity contribution in [3.05, 3.63) is 88.0 Å². The molecule has 176 valence electrons. The molecule has 2 aliphatic heterocycles. The normalized spacial score (nSPS) is 16.6. The number of rotatable bonds is 5. The number of hydrogen-bond donors (Lipinski definition) is 1. The summed E-state index contributed by atoms with van der Waals surface area (Å²) in [7, 11) is 0. The predicted octanol–water partition coefficient (Wildman–Crippen LogP) is 4.27. The summed E-state index contributed by atoms with van der Waals surface area (Å²) in [6.45, 7) is 0.669. The Bertz CT molecular complexity index is 1390. The minimum atomic E-state index is -1.08. The van der Waals surface area contributed by atoms with E-state index in [4.69, 9.17) is 4.42 Å². The molecular weight excluding hydrogens is 468 g/mol. The van der Waals surface area contributed by atoms with Gasteiger partial charge in [0.2, 0.25) is 5.91 Å². The molecule has 35 heavy (non-hydrogen) atoms. The van der Waals surface area contributed by atoms with Crippen LogP contribution in [0.3, 0.4) is 0 Å². The van der Waals surface area contributed by atoms with Gasteiger partial charge < -0.3 is 14.4 Å². The highest BCUT2D eigenvalue weighted by Gasteiger charge is 2.37. The number of carbonyl (C=O) groups is 4. The Labute approximate surface area is 204 Å². The van der Waals surface area contributed by atoms with E-state index in [2.05, 4.69) is 0 Å². The van der Waals surface area contributed by atoms with E-state index in [1.54, 1.807) is 35.2 Å². The summed E-state index contributed by atoms with van der Waals surface area (Å²) < 4.78 is 5.74. The smallest absolute Gasteiger partial charge is 0.336 e. The largest absolute Gasteiger partial charge is 0.478 e. The summed E-state index contributed by atoms with van der Waals surface area (Å²) in [5.41, 5.74) is 2.77. The summed E-state index contributed by atoms with van der Waals surface area (Å²) >= 11 is 0.741. The number of fused-ring (bicyclic) bond motifs is 1. The molecule has 5 rings (SSSR count). The van der Waals surface area contributed by atoms with E-state index in [1.807, 2.05) is 24.3 Å². The second kappa shape index (κ2) is 9.27. The Morgan fingerprint density at radius 2 is 1.74 bits per heavy atom. The van der Waals surface area contributed by atoms with Crippen LogP contribution in [0.5, 0.6) is 0 Å². The van der Waals surface area contributed by atoms with E-state index < -0.39 is 17.1 Å². The summed E-state index contributed by atoms with van der Waals surface area (Å²) in [5.74, 6) is -1.30. The van der Waals surface area contributed by atoms with Crippen LogP contribution in [0.4, 0.5) is 4.79 Å². The van der Waals surface area contributed by atoms with Crippen molar-refractivity contribution in [2.24, 2.45) is 0 Å². The number of imide groups is 1. The van der Waals surface area contributed by atoms with E-state index in [0.717, 1.165) is 28.6 Å². The van der Waals surface area contributed by atoms with Gasteiger partial charge in [-0.1, -0.05) is 42.5 Å². The summed E-state index contributed by atoms with van der Waals surface area (Å²) in [6, 6.07) is 17.5. The van der Waals surface area contributed by atoms with Crippen LogP contribution in [0, 0.1) is 0 Å². The van der Waals surface area contributed by atoms with Crippen LogP contribution in [0.15, 0.2) is 70.0 Å². The molecule has 0 radical (unpaired) electrons. The molecule has 0 bridgehead atoms. The maximum absolute atomic E-state index is 12.9. The van der Waals surface area contributed by atoms with Gasteiger partial charge in [-0.2, -0.15) is 0 Å². The summed E-state index contributed by atoms with van der Waals surface area (Å²) in [5, 5.41) is 8.88. The average Bonchev–Trinajstić information content (AvgIpc) is 3.43. The van der Waals surface area contributed by atoms with E-state index in [1.165, 1.54) is 17.7 Å². The lowest BCUT2D eigenvalue weighted by molar-refractivity contribution is -0.136. The fourth-order valence-electron chi connectivity index (χ4n) is 4.17. The Morgan fingerprint density at radius 3 is 2.54 bits per heavy atom. The maximum atomic E-state index is 12.9. The molecule has 1 saturated heterocycles. The second-order valence-corrected chi connectivity index (χ2v) is 9.15. The number of carboxylic acids is 1. The number of nitrogens with zero attached hydrogens (tertiary/aromatic N) is 2. The number of furan rings is 1. The average molecular weight is 489 g/mol. The van der Waals surface area contributed by atoms with Gasteiger partial charge in [-0.05, 0) is 47.5 Å². The van der Waals surface area contributed by atoms with Crippen molar-refractivity contribution in [3.8, 4) is 11.3 Å². The monoisotopic (exact) mass is 488 g/mol. The second-order valence-electron chi connectivity index (χ2n) is 8.15. The highest BCUT2D eigenvalue weighted by atomic mass is 32.2. The highest BCUT2D eigenvalue weighted by Crippen LogP contribution is 2.34. The minimum absolute atomic E-state index is 0.0903. The molecule has 2 aromatic carbocycles. The third-order valence-corrected chi connectivity index (χ3v) is 6.88. The molecule has 1 N–H and O–H groups in total. The van der Waals surface area contributed by atoms with Crippen molar-refractivity contribution in [1.29, 1.82) is 0 Å². The summed E-state index contributed by atoms with van der Waals surface area (Å²) in [4.78, 5) is 52.5. The van der Waals surface area contributed by atoms with Crippen LogP contribution in [-0.4, -0.2) is 51.0 Å². The van der Waals surface area contributed by atoms with Crippen LogP contribution in [0.25, 0.3) is 17.4 Å². The topological polar surface area (TPSA) is 108 Å². The molecule has 8 nitrogen and oxygen atoms in total. The number of aromatic carboxylic acids is 1. The number of carboxylic acid groups (broad SMARTS) is 1. The third-order valence-electron chi connectivity index (χ3n) is 5.97. The fraction of sp³-hybridized carbons (Fsp3) is 0.154. The first-order valence-corrected chi connectivity index (χ1v) is 11.7. The molecule has 3 heterocycles. The molecule has 0 unspecified atom stereocenters. The molecule has 9 heteroatoms. The first-order valence-electron chi connectivity index (χ1n) is 10.9. The summed E-state index contributed by atoms with van der Waals surface area (Å²) in [6.07, 6.45) is 2.16. The lowest BCUT2D eigenvalue weighted by Gasteiger charge is -2.29. The highest BCUT2D eigenvalue weighted by molar-refractivity contribution is 8.18. The van der Waals surface area contributed by atoms with Gasteiger partial charge in [0.1, 0.15) is 18.1 Å². The molecule has 0 spiro atoms. The van der Waals surface area contributed by atoms with Crippen LogP contribution in [-0.2, 0) is 22.6 Å². The zero-order chi connectivity index (χ0) is 24.5. The molecule has 3 amide bonds. The van der Waals surface area contributed by atoms with E-state index in [9.17, 15) is 24.3 Å². The van der Waals surface area contributed by atoms with Gasteiger partial charge in [0.05, 0.1) is 10.5 Å². The molecule has 1 fully saturated rings. The quantitative estimate of drug-likeness (QED) is 0.535. The standard InChI is InChI=1S/C26H20N2O6S/c29-23(27-12-11-16-5-1-2-6-17(16)14-27)15-28-24(30)22(35-26(28)33)13-18-9-10-21(34-18)19-7-3-4-8-20(19)25(31)32/h1-10,13H,11-12,14-15H2,(H,31,32)/b22-13-. The lowest BCUT2D eigenvalue weighted by Crippen LogP contribution is -2.44. The van der Waals surface area contributed by atoms with Gasteiger partial charge in [-0.15, -0.1) is 0 Å². The van der Waals surface area contributed by atoms with Crippen LogP contribution >= 0.6 is 11.8 Å². The van der Waals surface area contributed by atoms with Gasteiger partial charge in [0.25, 0.3) is 11.1 Å². The van der Waals surface area contributed by atoms with Crippen molar-refractivity contribution >= 4 is 40.9 Å². The third kappa shape index (κ3) is 4.50. The van der Waals surface area contributed by atoms with E-state index in [0.29, 0.717) is 30.2 Å². The molecule has 1 aromatic heterocycles. The SMILES string of the molecule is O=C(O)c1ccccc1-c1ccc(/C=C2\SC(=O)N(CC(=O)N3CCc4ccccc4C3)C2=O)o1. The van der Waals surface area contributed by atoms with Gasteiger partial charge in [0.15, 0.2) is 0 Å². The van der Waals surface area contributed by atoms with Crippen LogP contribution in [0.1, 0.15) is 27.2 Å².